The molecule has 194 valence electrons. The van der Waals surface area contributed by atoms with Crippen LogP contribution in [0.3, 0.4) is 0 Å². The molecule has 1 fully saturated rings. The molecule has 4 atom stereocenters. The smallest absolute Gasteiger partial charge is 0.306 e. The maximum Gasteiger partial charge on any atom is 0.306 e. The zero-order chi connectivity index (χ0) is 26.4. The Bertz CT molecular complexity index is 1200. The number of imidazole rings is 1. The van der Waals surface area contributed by atoms with E-state index < -0.39 is 18.0 Å². The molecule has 1 saturated carbocycles. The van der Waals surface area contributed by atoms with Crippen LogP contribution >= 0.6 is 11.6 Å². The largest absolute Gasteiger partial charge is 0.508 e. The first kappa shape index (κ1) is 27.6. The topological polar surface area (TPSA) is 125 Å². The summed E-state index contributed by atoms with van der Waals surface area (Å²) in [6.07, 6.45) is 3.12. The van der Waals surface area contributed by atoms with Crippen molar-refractivity contribution in [2.24, 2.45) is 5.92 Å². The Morgan fingerprint density at radius 1 is 1.28 bits per heavy atom. The molecule has 4 unspecified atom stereocenters. The number of halogens is 1. The van der Waals surface area contributed by atoms with Gasteiger partial charge in [0.05, 0.1) is 17.0 Å². The molecule has 1 aliphatic carbocycles. The van der Waals surface area contributed by atoms with E-state index in [-0.39, 0.29) is 17.8 Å². The highest BCUT2D eigenvalue weighted by molar-refractivity contribution is 6.30. The van der Waals surface area contributed by atoms with E-state index in [2.05, 4.69) is 12.2 Å². The van der Waals surface area contributed by atoms with Crippen LogP contribution < -0.4 is 5.32 Å². The highest BCUT2D eigenvalue weighted by Crippen LogP contribution is 2.40. The molecule has 0 bridgehead atoms. The number of benzene rings is 2. The molecule has 0 spiro atoms. The first-order valence-electron chi connectivity index (χ1n) is 12.1. The fourth-order valence-electron chi connectivity index (χ4n) is 5.00. The molecule has 4 rings (SSSR count). The van der Waals surface area contributed by atoms with Crippen molar-refractivity contribution >= 4 is 35.4 Å². The number of carbonyl (C=O) groups is 2. The molecule has 36 heavy (non-hydrogen) atoms. The third-order valence-electron chi connectivity index (χ3n) is 7.06. The van der Waals surface area contributed by atoms with Gasteiger partial charge in [0.1, 0.15) is 24.5 Å². The number of aromatic hydroxyl groups is 1. The molecule has 1 heterocycles. The minimum Gasteiger partial charge on any atom is -0.508 e. The molecule has 0 amide bonds. The second-order valence-electron chi connectivity index (χ2n) is 9.31. The third-order valence-corrected chi connectivity index (χ3v) is 7.29. The second kappa shape index (κ2) is 12.3. The van der Waals surface area contributed by atoms with Crippen LogP contribution in [0.25, 0.3) is 11.0 Å². The summed E-state index contributed by atoms with van der Waals surface area (Å²) in [4.78, 5) is 24.6. The van der Waals surface area contributed by atoms with E-state index in [0.717, 1.165) is 30.3 Å². The summed E-state index contributed by atoms with van der Waals surface area (Å²) in [6, 6.07) is 10.7. The molecule has 0 saturated heterocycles. The lowest BCUT2D eigenvalue weighted by atomic mass is 9.85. The summed E-state index contributed by atoms with van der Waals surface area (Å²) in [5.41, 5.74) is 2.81. The molecule has 1 aromatic heterocycles. The zero-order valence-electron chi connectivity index (χ0n) is 20.7. The number of aliphatic hydroxyl groups is 1. The lowest BCUT2D eigenvalue weighted by Crippen LogP contribution is -2.26. The van der Waals surface area contributed by atoms with Gasteiger partial charge in [-0.25, -0.2) is 4.98 Å². The van der Waals surface area contributed by atoms with Gasteiger partial charge < -0.3 is 30.0 Å². The summed E-state index contributed by atoms with van der Waals surface area (Å²) >= 11 is 6.19. The van der Waals surface area contributed by atoms with Gasteiger partial charge in [-0.15, -0.1) is 0 Å². The summed E-state index contributed by atoms with van der Waals surface area (Å²) in [5.74, 6) is -0.594. The van der Waals surface area contributed by atoms with E-state index in [0.29, 0.717) is 41.2 Å². The van der Waals surface area contributed by atoms with Crippen molar-refractivity contribution in [3.8, 4) is 5.75 Å². The minimum atomic E-state index is -1.04. The van der Waals surface area contributed by atoms with Crippen molar-refractivity contribution in [2.75, 3.05) is 7.05 Å². The fraction of sp³-hybridized carbons (Fsp3) is 0.444. The number of fused-ring (bicyclic) bond motifs is 1. The quantitative estimate of drug-likeness (QED) is 0.344. The predicted octanol–water partition coefficient (Wildman–Crippen LogP) is 4.65. The minimum absolute atomic E-state index is 0.114. The Morgan fingerprint density at radius 3 is 2.69 bits per heavy atom. The number of carboxylic acids is 1. The summed E-state index contributed by atoms with van der Waals surface area (Å²) in [6.45, 7) is 4.08. The first-order chi connectivity index (χ1) is 17.3. The van der Waals surface area contributed by atoms with Gasteiger partial charge in [-0.2, -0.15) is 0 Å². The molecule has 1 aliphatic rings. The monoisotopic (exact) mass is 515 g/mol. The maximum absolute atomic E-state index is 11.8. The Hall–Kier alpha value is -2.94. The Labute approximate surface area is 215 Å². The molecule has 3 aromatic rings. The molecule has 4 N–H and O–H groups in total. The zero-order valence-corrected chi connectivity index (χ0v) is 21.4. The molecule has 9 heteroatoms. The summed E-state index contributed by atoms with van der Waals surface area (Å²) < 4.78 is 2.00. The van der Waals surface area contributed by atoms with Crippen LogP contribution in [0.15, 0.2) is 36.4 Å². The molecular formula is C27H34ClN3O5. The number of phenolic OH excluding ortho intramolecular Hbond substituents is 1. The first-order valence-corrected chi connectivity index (χ1v) is 12.5. The van der Waals surface area contributed by atoms with Gasteiger partial charge in [-0.05, 0) is 75.9 Å². The van der Waals surface area contributed by atoms with Gasteiger partial charge >= 0.3 is 5.97 Å². The van der Waals surface area contributed by atoms with Crippen LogP contribution in [-0.4, -0.2) is 50.7 Å². The van der Waals surface area contributed by atoms with Gasteiger partial charge in [0.15, 0.2) is 0 Å². The highest BCUT2D eigenvalue weighted by Gasteiger charge is 2.32. The van der Waals surface area contributed by atoms with Crippen LogP contribution in [-0.2, 0) is 16.0 Å². The number of nitrogens with one attached hydrogen (secondary N) is 1. The van der Waals surface area contributed by atoms with Crippen LogP contribution in [0.1, 0.15) is 68.1 Å². The number of aliphatic hydroxyl groups excluding tert-OH is 1. The van der Waals surface area contributed by atoms with Crippen LogP contribution in [0.2, 0.25) is 5.02 Å². The number of nitrogens with zero attached hydrogens (tertiary/aromatic N) is 2. The van der Waals surface area contributed by atoms with Crippen molar-refractivity contribution in [1.82, 2.24) is 14.9 Å². The Balaban J connectivity index is 0.00000176. The van der Waals surface area contributed by atoms with E-state index in [4.69, 9.17) is 21.4 Å². The van der Waals surface area contributed by atoms with Gasteiger partial charge in [0, 0.05) is 22.7 Å². The molecule has 2 aromatic carbocycles. The van der Waals surface area contributed by atoms with Gasteiger partial charge in [0.25, 0.3) is 0 Å². The van der Waals surface area contributed by atoms with Crippen molar-refractivity contribution in [2.45, 2.75) is 63.6 Å². The van der Waals surface area contributed by atoms with E-state index in [1.54, 1.807) is 30.3 Å². The number of carboxylic acid groups (broad SMARTS) is 1. The average Bonchev–Trinajstić information content (AvgIpc) is 3.28. The number of aryl methyl sites for hydroxylation is 1. The predicted molar refractivity (Wildman–Crippen MR) is 140 cm³/mol. The van der Waals surface area contributed by atoms with Crippen molar-refractivity contribution in [1.29, 1.82) is 0 Å². The highest BCUT2D eigenvalue weighted by atomic mass is 35.5. The number of aliphatic carboxylic acids is 1. The van der Waals surface area contributed by atoms with Gasteiger partial charge in [0.2, 0.25) is 0 Å². The second-order valence-corrected chi connectivity index (χ2v) is 9.75. The number of rotatable bonds is 8. The van der Waals surface area contributed by atoms with Crippen molar-refractivity contribution in [3.63, 3.8) is 0 Å². The van der Waals surface area contributed by atoms with Crippen molar-refractivity contribution < 1.29 is 24.9 Å². The van der Waals surface area contributed by atoms with E-state index in [9.17, 15) is 20.1 Å². The number of carbonyl (C=O) groups excluding carboxylic acids is 1. The summed E-state index contributed by atoms with van der Waals surface area (Å²) in [5, 5.41) is 35.5. The third kappa shape index (κ3) is 5.88. The van der Waals surface area contributed by atoms with Gasteiger partial charge in [-0.1, -0.05) is 30.2 Å². The lowest BCUT2D eigenvalue weighted by molar-refractivity contribution is -0.143. The van der Waals surface area contributed by atoms with Crippen molar-refractivity contribution in [3.05, 3.63) is 58.4 Å². The maximum atomic E-state index is 11.8. The molecule has 0 aliphatic heterocycles. The van der Waals surface area contributed by atoms with Crippen LogP contribution in [0.4, 0.5) is 0 Å². The summed E-state index contributed by atoms with van der Waals surface area (Å²) in [7, 11) is 1.90. The Morgan fingerprint density at radius 2 is 2.03 bits per heavy atom. The number of hydrogen-bond acceptors (Lipinski definition) is 6. The standard InChI is InChI=1S/C26H32ClN3O4.CH2O/c1-15(28-2)9-10-20-22(31)12-11-21-23(20)29-25(24(32)16-5-3-7-18(27)13-16)30(21)19-8-4-6-17(14-19)26(33)34;1-2/h3,5,7,11-13,15,17,19,24,28,31-32H,4,6,8-10,14H2,1-2H3,(H,33,34);1H2. The number of phenols is 1. The SMILES string of the molecule is C=O.CNC(C)CCc1c(O)ccc2c1nc(C(O)c1cccc(Cl)c1)n2C1CCCC(C(=O)O)C1. The fourth-order valence-corrected chi connectivity index (χ4v) is 5.20. The Kier molecular flexibility index (Phi) is 9.48. The average molecular weight is 516 g/mol. The van der Waals surface area contributed by atoms with E-state index in [1.807, 2.05) is 24.5 Å². The van der Waals surface area contributed by atoms with E-state index >= 15 is 0 Å². The molecular weight excluding hydrogens is 482 g/mol. The molecule has 0 radical (unpaired) electrons. The van der Waals surface area contributed by atoms with Crippen LogP contribution in [0, 0.1) is 5.92 Å². The normalized spacial score (nSPS) is 19.3. The van der Waals surface area contributed by atoms with E-state index in [1.165, 1.54) is 0 Å². The number of hydrogen-bond donors (Lipinski definition) is 4. The van der Waals surface area contributed by atoms with Gasteiger partial charge in [-0.3, -0.25) is 4.79 Å². The van der Waals surface area contributed by atoms with Crippen LogP contribution in [0.5, 0.6) is 5.75 Å². The molecule has 8 nitrogen and oxygen atoms in total. The lowest BCUT2D eigenvalue weighted by Gasteiger charge is -2.30. The number of aromatic nitrogens is 2.